The summed E-state index contributed by atoms with van der Waals surface area (Å²) in [7, 11) is 0. The van der Waals surface area contributed by atoms with Crippen LogP contribution in [0.5, 0.6) is 5.75 Å². The fraction of sp³-hybridized carbons (Fsp3) is 0.600. The molecule has 1 aromatic heterocycles. The molecule has 1 aromatic carbocycles. The molecule has 0 aliphatic heterocycles. The second-order valence-electron chi connectivity index (χ2n) is 9.21. The van der Waals surface area contributed by atoms with Crippen molar-refractivity contribution in [1.29, 1.82) is 0 Å². The Morgan fingerprint density at radius 3 is 1.82 bits per heavy atom. The van der Waals surface area contributed by atoms with E-state index in [4.69, 9.17) is 4.74 Å². The van der Waals surface area contributed by atoms with E-state index < -0.39 is 0 Å². The quantitative estimate of drug-likeness (QED) is 0.158. The molecule has 3 nitrogen and oxygen atoms in total. The van der Waals surface area contributed by atoms with Gasteiger partial charge in [-0.3, -0.25) is 0 Å². The number of rotatable bonds is 19. The van der Waals surface area contributed by atoms with Crippen molar-refractivity contribution in [2.45, 2.75) is 117 Å². The molecular formula is C30H46N2O. The fourth-order valence-electron chi connectivity index (χ4n) is 4.02. The molecule has 0 atom stereocenters. The van der Waals surface area contributed by atoms with Crippen molar-refractivity contribution in [2.75, 3.05) is 0 Å². The molecule has 2 aromatic rings. The minimum absolute atomic E-state index is 0.776. The summed E-state index contributed by atoms with van der Waals surface area (Å²) in [4.78, 5) is 9.15. The lowest BCUT2D eigenvalue weighted by Crippen LogP contribution is -1.93. The molecule has 1 heterocycles. The zero-order chi connectivity index (χ0) is 23.4. The number of hydrogen-bond donors (Lipinski definition) is 0. The molecule has 3 heteroatoms. The summed E-state index contributed by atoms with van der Waals surface area (Å²) < 4.78 is 5.75. The zero-order valence-electron chi connectivity index (χ0n) is 21.2. The van der Waals surface area contributed by atoms with Crippen molar-refractivity contribution in [3.8, 4) is 17.1 Å². The van der Waals surface area contributed by atoms with E-state index in [1.807, 2.05) is 42.9 Å². The molecule has 0 fully saturated rings. The molecule has 0 saturated heterocycles. The molecule has 2 rings (SSSR count). The first-order valence-corrected chi connectivity index (χ1v) is 13.6. The molecule has 0 amide bonds. The van der Waals surface area contributed by atoms with Gasteiger partial charge in [0.15, 0.2) is 5.82 Å². The Morgan fingerprint density at radius 2 is 1.21 bits per heavy atom. The third kappa shape index (κ3) is 12.6. The first-order valence-electron chi connectivity index (χ1n) is 13.6. The van der Waals surface area contributed by atoms with Gasteiger partial charge in [0.1, 0.15) is 5.75 Å². The maximum atomic E-state index is 5.75. The lowest BCUT2D eigenvalue weighted by molar-refractivity contribution is 0.477. The van der Waals surface area contributed by atoms with Crippen LogP contribution in [-0.4, -0.2) is 9.97 Å². The van der Waals surface area contributed by atoms with Gasteiger partial charge in [-0.25, -0.2) is 9.97 Å². The van der Waals surface area contributed by atoms with Crippen LogP contribution >= 0.6 is 0 Å². The molecule has 33 heavy (non-hydrogen) atoms. The Bertz CT molecular complexity index is 737. The van der Waals surface area contributed by atoms with Crippen molar-refractivity contribution >= 4 is 0 Å². The maximum absolute atomic E-state index is 5.75. The summed E-state index contributed by atoms with van der Waals surface area (Å²) in [5, 5.41) is 0. The maximum Gasteiger partial charge on any atom is 0.159 e. The predicted molar refractivity (Wildman–Crippen MR) is 142 cm³/mol. The van der Waals surface area contributed by atoms with E-state index in [-0.39, 0.29) is 0 Å². The Hall–Kier alpha value is -2.16. The van der Waals surface area contributed by atoms with Crippen LogP contribution in [0, 0.1) is 0 Å². The highest BCUT2D eigenvalue weighted by Gasteiger charge is 2.03. The predicted octanol–water partition coefficient (Wildman–Crippen LogP) is 9.47. The molecule has 0 aliphatic rings. The van der Waals surface area contributed by atoms with Crippen molar-refractivity contribution < 1.29 is 4.74 Å². The number of unbranched alkanes of at least 4 members (excludes halogenated alkanes) is 13. The molecule has 0 unspecified atom stereocenters. The van der Waals surface area contributed by atoms with Gasteiger partial charge in [-0.1, -0.05) is 90.9 Å². The van der Waals surface area contributed by atoms with Crippen molar-refractivity contribution in [3.63, 3.8) is 0 Å². The van der Waals surface area contributed by atoms with E-state index in [1.54, 1.807) is 0 Å². The smallest absolute Gasteiger partial charge is 0.159 e. The summed E-state index contributed by atoms with van der Waals surface area (Å²) in [6, 6.07) is 8.04. The van der Waals surface area contributed by atoms with Gasteiger partial charge in [0, 0.05) is 18.0 Å². The van der Waals surface area contributed by atoms with Crippen LogP contribution in [-0.2, 0) is 6.42 Å². The average Bonchev–Trinajstić information content (AvgIpc) is 2.85. The Kier molecular flexibility index (Phi) is 15.0. The van der Waals surface area contributed by atoms with Crippen LogP contribution in [0.3, 0.4) is 0 Å². The number of aryl methyl sites for hydroxylation is 1. The number of aromatic nitrogens is 2. The van der Waals surface area contributed by atoms with Gasteiger partial charge in [0.25, 0.3) is 0 Å². The summed E-state index contributed by atoms with van der Waals surface area (Å²) >= 11 is 0. The Morgan fingerprint density at radius 1 is 0.667 bits per heavy atom. The molecule has 0 N–H and O–H groups in total. The van der Waals surface area contributed by atoms with Crippen molar-refractivity contribution in [3.05, 3.63) is 54.6 Å². The second kappa shape index (κ2) is 18.3. The van der Waals surface area contributed by atoms with Gasteiger partial charge in [-0.2, -0.15) is 0 Å². The van der Waals surface area contributed by atoms with Crippen LogP contribution in [0.15, 0.2) is 49.0 Å². The van der Waals surface area contributed by atoms with Gasteiger partial charge in [-0.05, 0) is 61.6 Å². The molecule has 0 aliphatic carbocycles. The summed E-state index contributed by atoms with van der Waals surface area (Å²) in [5.74, 6) is 1.63. The molecule has 0 radical (unpaired) electrons. The third-order valence-corrected chi connectivity index (χ3v) is 6.16. The zero-order valence-corrected chi connectivity index (χ0v) is 21.2. The normalized spacial score (nSPS) is 11.3. The lowest BCUT2D eigenvalue weighted by atomic mass is 10.1. The Balaban J connectivity index is 1.61. The first kappa shape index (κ1) is 27.1. The van der Waals surface area contributed by atoms with Gasteiger partial charge >= 0.3 is 0 Å². The number of nitrogens with zero attached hydrogens (tertiary/aromatic N) is 2. The number of hydrogen-bond acceptors (Lipinski definition) is 3. The minimum atomic E-state index is 0.776. The van der Waals surface area contributed by atoms with E-state index in [9.17, 15) is 0 Å². The van der Waals surface area contributed by atoms with Crippen molar-refractivity contribution in [1.82, 2.24) is 9.97 Å². The highest BCUT2D eigenvalue weighted by molar-refractivity contribution is 5.55. The Labute approximate surface area is 203 Å². The van der Waals surface area contributed by atoms with Gasteiger partial charge < -0.3 is 4.74 Å². The van der Waals surface area contributed by atoms with E-state index in [0.717, 1.165) is 30.0 Å². The summed E-state index contributed by atoms with van der Waals surface area (Å²) in [5.41, 5.74) is 2.26. The van der Waals surface area contributed by atoms with Crippen LogP contribution in [0.4, 0.5) is 0 Å². The van der Waals surface area contributed by atoms with Gasteiger partial charge in [0.2, 0.25) is 0 Å². The SMILES string of the molecule is CCCCCCCCCC/C=C/Oc1ccc(-c2ncc(CCCCCCCC)cn2)cc1. The number of allylic oxidation sites excluding steroid dienone is 1. The lowest BCUT2D eigenvalue weighted by Gasteiger charge is -2.05. The van der Waals surface area contributed by atoms with E-state index >= 15 is 0 Å². The highest BCUT2D eigenvalue weighted by Crippen LogP contribution is 2.20. The van der Waals surface area contributed by atoms with Crippen LogP contribution in [0.2, 0.25) is 0 Å². The molecule has 0 saturated carbocycles. The summed E-state index contributed by atoms with van der Waals surface area (Å²) in [6.07, 6.45) is 28.8. The van der Waals surface area contributed by atoms with Crippen LogP contribution in [0.25, 0.3) is 11.4 Å². The molecule has 0 bridgehead atoms. The monoisotopic (exact) mass is 450 g/mol. The van der Waals surface area contributed by atoms with Gasteiger partial charge in [0.05, 0.1) is 6.26 Å². The van der Waals surface area contributed by atoms with E-state index in [0.29, 0.717) is 0 Å². The minimum Gasteiger partial charge on any atom is -0.465 e. The van der Waals surface area contributed by atoms with E-state index in [2.05, 4.69) is 29.9 Å². The van der Waals surface area contributed by atoms with Crippen molar-refractivity contribution in [2.24, 2.45) is 0 Å². The van der Waals surface area contributed by atoms with Crippen LogP contribution in [0.1, 0.15) is 116 Å². The topological polar surface area (TPSA) is 35.0 Å². The molecular weight excluding hydrogens is 404 g/mol. The number of ether oxygens (including phenoxy) is 1. The number of benzene rings is 1. The molecule has 0 spiro atoms. The standard InChI is InChI=1S/C30H46N2O/c1-3-5-7-9-11-12-13-14-16-18-24-33-29-22-20-28(21-23-29)30-31-25-27(26-32-30)19-17-15-10-8-6-4-2/h18,20-26H,3-17,19H2,1-2H3/b24-18+. The molecule has 182 valence electrons. The second-order valence-corrected chi connectivity index (χ2v) is 9.21. The first-order chi connectivity index (χ1) is 16.3. The highest BCUT2D eigenvalue weighted by atomic mass is 16.5. The van der Waals surface area contributed by atoms with Gasteiger partial charge in [-0.15, -0.1) is 0 Å². The average molecular weight is 451 g/mol. The third-order valence-electron chi connectivity index (χ3n) is 6.16. The van der Waals surface area contributed by atoms with Crippen LogP contribution < -0.4 is 4.74 Å². The summed E-state index contributed by atoms with van der Waals surface area (Å²) in [6.45, 7) is 4.53. The largest absolute Gasteiger partial charge is 0.465 e. The van der Waals surface area contributed by atoms with E-state index in [1.165, 1.54) is 95.5 Å². The fourth-order valence-corrected chi connectivity index (χ4v) is 4.02.